The Balaban J connectivity index is 1.59. The lowest BCUT2D eigenvalue weighted by molar-refractivity contribution is -0.0463. The Hall–Kier alpha value is -2.60. The molecule has 1 aliphatic rings. The van der Waals surface area contributed by atoms with Crippen molar-refractivity contribution < 1.29 is 14.9 Å². The zero-order valence-corrected chi connectivity index (χ0v) is 18.3. The lowest BCUT2D eigenvalue weighted by atomic mass is 10.2. The average molecular weight is 492 g/mol. The SMILES string of the molecule is Cc1cn([C@@H]2C[C@H](O)[C@H](CO)O2)c(=O)n(Cc2cn(Cc3cccc(Br)c3)nn2)c1=O. The van der Waals surface area contributed by atoms with Gasteiger partial charge in [0.05, 0.1) is 32.0 Å². The molecule has 1 saturated heterocycles. The highest BCUT2D eigenvalue weighted by atomic mass is 79.9. The fraction of sp³-hybridized carbons (Fsp3) is 0.400. The van der Waals surface area contributed by atoms with E-state index in [0.29, 0.717) is 17.8 Å². The molecule has 0 unspecified atom stereocenters. The van der Waals surface area contributed by atoms with Crippen LogP contribution in [0.15, 0.2) is 50.7 Å². The van der Waals surface area contributed by atoms with Crippen LogP contribution in [0.25, 0.3) is 0 Å². The smallest absolute Gasteiger partial charge is 0.333 e. The second-order valence-electron chi connectivity index (χ2n) is 7.55. The minimum absolute atomic E-state index is 0.0451. The van der Waals surface area contributed by atoms with Crippen LogP contribution in [-0.2, 0) is 17.8 Å². The molecule has 3 atom stereocenters. The first-order valence-corrected chi connectivity index (χ1v) is 10.6. The molecule has 3 aromatic rings. The van der Waals surface area contributed by atoms with E-state index in [1.165, 1.54) is 10.8 Å². The number of aliphatic hydroxyl groups excluding tert-OH is 2. The fourth-order valence-electron chi connectivity index (χ4n) is 3.63. The maximum atomic E-state index is 13.0. The Morgan fingerprint density at radius 1 is 1.26 bits per heavy atom. The molecule has 4 rings (SSSR count). The Labute approximate surface area is 185 Å². The second-order valence-corrected chi connectivity index (χ2v) is 8.46. The summed E-state index contributed by atoms with van der Waals surface area (Å²) in [6.45, 7) is 1.70. The van der Waals surface area contributed by atoms with E-state index in [0.717, 1.165) is 14.6 Å². The van der Waals surface area contributed by atoms with Crippen LogP contribution < -0.4 is 11.2 Å². The van der Waals surface area contributed by atoms with Crippen LogP contribution in [0.4, 0.5) is 0 Å². The van der Waals surface area contributed by atoms with E-state index in [4.69, 9.17) is 4.74 Å². The highest BCUT2D eigenvalue weighted by molar-refractivity contribution is 9.10. The maximum absolute atomic E-state index is 13.0. The predicted octanol–water partition coefficient (Wildman–Crippen LogP) is 0.410. The molecule has 2 aromatic heterocycles. The molecule has 31 heavy (non-hydrogen) atoms. The first-order chi connectivity index (χ1) is 14.9. The van der Waals surface area contributed by atoms with Gasteiger partial charge >= 0.3 is 5.69 Å². The number of hydrogen-bond acceptors (Lipinski definition) is 7. The van der Waals surface area contributed by atoms with E-state index >= 15 is 0 Å². The van der Waals surface area contributed by atoms with Crippen molar-refractivity contribution in [2.75, 3.05) is 6.61 Å². The number of aromatic nitrogens is 5. The molecular formula is C20H22BrN5O5. The Morgan fingerprint density at radius 2 is 2.06 bits per heavy atom. The van der Waals surface area contributed by atoms with Crippen molar-refractivity contribution in [3.63, 3.8) is 0 Å². The highest BCUT2D eigenvalue weighted by Gasteiger charge is 2.35. The molecule has 1 aliphatic heterocycles. The number of ether oxygens (including phenoxy) is 1. The summed E-state index contributed by atoms with van der Waals surface area (Å²) in [6.07, 6.45) is 0.832. The number of halogens is 1. The quantitative estimate of drug-likeness (QED) is 0.511. The van der Waals surface area contributed by atoms with Crippen molar-refractivity contribution in [2.45, 2.75) is 44.9 Å². The van der Waals surface area contributed by atoms with Gasteiger partial charge in [0.15, 0.2) is 0 Å². The van der Waals surface area contributed by atoms with Crippen LogP contribution in [-0.4, -0.2) is 53.2 Å². The lowest BCUT2D eigenvalue weighted by Crippen LogP contribution is -2.42. The topological polar surface area (TPSA) is 124 Å². The van der Waals surface area contributed by atoms with E-state index in [2.05, 4.69) is 26.2 Å². The van der Waals surface area contributed by atoms with E-state index in [9.17, 15) is 19.8 Å². The average Bonchev–Trinajstić information content (AvgIpc) is 3.33. The number of nitrogens with zero attached hydrogens (tertiary/aromatic N) is 5. The van der Waals surface area contributed by atoms with Gasteiger partial charge in [-0.05, 0) is 24.6 Å². The van der Waals surface area contributed by atoms with Gasteiger partial charge in [-0.25, -0.2) is 9.48 Å². The van der Waals surface area contributed by atoms with Gasteiger partial charge in [0.25, 0.3) is 5.56 Å². The van der Waals surface area contributed by atoms with Crippen LogP contribution in [0.5, 0.6) is 0 Å². The molecule has 0 aliphatic carbocycles. The van der Waals surface area contributed by atoms with Crippen molar-refractivity contribution in [1.82, 2.24) is 24.1 Å². The summed E-state index contributed by atoms with van der Waals surface area (Å²) >= 11 is 3.43. The minimum atomic E-state index is -0.888. The van der Waals surface area contributed by atoms with Crippen molar-refractivity contribution in [3.8, 4) is 0 Å². The summed E-state index contributed by atoms with van der Waals surface area (Å²) in [4.78, 5) is 25.7. The van der Waals surface area contributed by atoms with Crippen molar-refractivity contribution in [2.24, 2.45) is 0 Å². The molecule has 164 valence electrons. The van der Waals surface area contributed by atoms with Gasteiger partial charge in [-0.15, -0.1) is 5.10 Å². The summed E-state index contributed by atoms with van der Waals surface area (Å²) in [5.74, 6) is 0. The molecule has 0 amide bonds. The molecule has 0 saturated carbocycles. The first kappa shape index (κ1) is 21.6. The van der Waals surface area contributed by atoms with Gasteiger partial charge < -0.3 is 14.9 Å². The van der Waals surface area contributed by atoms with Gasteiger partial charge in [0, 0.05) is 22.7 Å². The van der Waals surface area contributed by atoms with Gasteiger partial charge in [-0.1, -0.05) is 33.3 Å². The van der Waals surface area contributed by atoms with Crippen LogP contribution in [0.1, 0.15) is 29.5 Å². The fourth-order valence-corrected chi connectivity index (χ4v) is 4.07. The van der Waals surface area contributed by atoms with Crippen molar-refractivity contribution >= 4 is 15.9 Å². The zero-order valence-electron chi connectivity index (χ0n) is 16.8. The largest absolute Gasteiger partial charge is 0.394 e. The summed E-state index contributed by atoms with van der Waals surface area (Å²) in [5, 5.41) is 27.5. The summed E-state index contributed by atoms with van der Waals surface area (Å²) < 4.78 is 10.5. The Kier molecular flexibility index (Phi) is 6.19. The number of aryl methyl sites for hydroxylation is 1. The molecule has 0 spiro atoms. The standard InChI is InChI=1S/C20H22BrN5O5/c1-12-7-25(18-6-16(28)17(11-27)31-18)20(30)26(19(12)29)10-15-9-24(23-22-15)8-13-3-2-4-14(21)5-13/h2-5,7,9,16-18,27-28H,6,8,10-11H2,1H3/t16-,17-,18-/m0/s1. The predicted molar refractivity (Wildman–Crippen MR) is 114 cm³/mol. The molecule has 1 fully saturated rings. The second kappa shape index (κ2) is 8.87. The lowest BCUT2D eigenvalue weighted by Gasteiger charge is -2.17. The van der Waals surface area contributed by atoms with Gasteiger partial charge in [0.1, 0.15) is 18.0 Å². The van der Waals surface area contributed by atoms with E-state index in [1.54, 1.807) is 17.8 Å². The third-order valence-electron chi connectivity index (χ3n) is 5.20. The van der Waals surface area contributed by atoms with E-state index in [1.807, 2.05) is 24.3 Å². The Bertz CT molecular complexity index is 1200. The third kappa shape index (κ3) is 4.54. The van der Waals surface area contributed by atoms with Crippen LogP contribution in [0.2, 0.25) is 0 Å². The monoisotopic (exact) mass is 491 g/mol. The number of rotatable bonds is 6. The zero-order chi connectivity index (χ0) is 22.1. The number of hydrogen-bond donors (Lipinski definition) is 2. The number of aliphatic hydroxyl groups is 2. The van der Waals surface area contributed by atoms with Gasteiger partial charge in [-0.2, -0.15) is 0 Å². The highest BCUT2D eigenvalue weighted by Crippen LogP contribution is 2.27. The van der Waals surface area contributed by atoms with Crippen LogP contribution in [0, 0.1) is 6.92 Å². The van der Waals surface area contributed by atoms with Crippen molar-refractivity contribution in [1.29, 1.82) is 0 Å². The molecule has 0 radical (unpaired) electrons. The number of benzene rings is 1. The normalized spacial score (nSPS) is 21.0. The summed E-state index contributed by atoms with van der Waals surface area (Å²) in [6, 6.07) is 7.79. The summed E-state index contributed by atoms with van der Waals surface area (Å²) in [7, 11) is 0. The van der Waals surface area contributed by atoms with Crippen LogP contribution in [0.3, 0.4) is 0 Å². The molecule has 11 heteroatoms. The van der Waals surface area contributed by atoms with E-state index < -0.39 is 29.7 Å². The molecule has 0 bridgehead atoms. The molecule has 3 heterocycles. The van der Waals surface area contributed by atoms with Crippen LogP contribution >= 0.6 is 15.9 Å². The van der Waals surface area contributed by atoms with E-state index in [-0.39, 0.29) is 19.6 Å². The first-order valence-electron chi connectivity index (χ1n) is 9.76. The molecule has 2 N–H and O–H groups in total. The van der Waals surface area contributed by atoms with Gasteiger partial charge in [0.2, 0.25) is 0 Å². The minimum Gasteiger partial charge on any atom is -0.394 e. The molecular weight excluding hydrogens is 470 g/mol. The van der Waals surface area contributed by atoms with Crippen molar-refractivity contribution in [3.05, 3.63) is 78.8 Å². The van der Waals surface area contributed by atoms with Gasteiger partial charge in [-0.3, -0.25) is 13.9 Å². The molecule has 1 aromatic carbocycles. The third-order valence-corrected chi connectivity index (χ3v) is 5.69. The molecule has 10 nitrogen and oxygen atoms in total. The maximum Gasteiger partial charge on any atom is 0.333 e. The Morgan fingerprint density at radius 3 is 2.77 bits per heavy atom. The summed E-state index contributed by atoms with van der Waals surface area (Å²) in [5.41, 5.74) is 0.836.